The normalized spacial score (nSPS) is 15.0. The molecule has 0 unspecified atom stereocenters. The molecule has 166 valence electrons. The van der Waals surface area contributed by atoms with Crippen LogP contribution in [0.1, 0.15) is 31.9 Å². The van der Waals surface area contributed by atoms with Crippen LogP contribution < -0.4 is 0 Å². The maximum atomic E-state index is 13.1. The summed E-state index contributed by atoms with van der Waals surface area (Å²) in [6, 6.07) is 16.1. The molecule has 0 aliphatic carbocycles. The van der Waals surface area contributed by atoms with Gasteiger partial charge in [-0.15, -0.1) is 0 Å². The van der Waals surface area contributed by atoms with Crippen LogP contribution in [0.3, 0.4) is 0 Å². The molecule has 0 atom stereocenters. The van der Waals surface area contributed by atoms with Crippen molar-refractivity contribution in [1.82, 2.24) is 14.7 Å². The molecule has 1 aliphatic rings. The Labute approximate surface area is 184 Å². The predicted octanol–water partition coefficient (Wildman–Crippen LogP) is 3.34. The van der Waals surface area contributed by atoms with Crippen molar-refractivity contribution in [1.29, 1.82) is 0 Å². The Morgan fingerprint density at radius 3 is 2.10 bits per heavy atom. The second-order valence-electron chi connectivity index (χ2n) is 9.10. The SMILES string of the molecule is CC(C)(C)N(Cc1ccccc1)C(=O)CN1CCN(C(=O)Cc2ccc(F)cc2)CC1. The number of halogens is 1. The molecule has 0 aromatic heterocycles. The summed E-state index contributed by atoms with van der Waals surface area (Å²) in [6.45, 7) is 9.64. The molecule has 31 heavy (non-hydrogen) atoms. The van der Waals surface area contributed by atoms with Gasteiger partial charge in [0.15, 0.2) is 0 Å². The van der Waals surface area contributed by atoms with Crippen molar-refractivity contribution in [3.05, 3.63) is 71.5 Å². The number of rotatable bonds is 6. The molecule has 0 radical (unpaired) electrons. The van der Waals surface area contributed by atoms with E-state index in [0.717, 1.165) is 11.1 Å². The summed E-state index contributed by atoms with van der Waals surface area (Å²) in [5, 5.41) is 0. The summed E-state index contributed by atoms with van der Waals surface area (Å²) >= 11 is 0. The molecule has 2 aromatic carbocycles. The van der Waals surface area contributed by atoms with E-state index in [1.165, 1.54) is 12.1 Å². The van der Waals surface area contributed by atoms with E-state index in [0.29, 0.717) is 39.3 Å². The number of nitrogens with zero attached hydrogens (tertiary/aromatic N) is 3. The fourth-order valence-electron chi connectivity index (χ4n) is 3.79. The minimum Gasteiger partial charge on any atom is -0.340 e. The Bertz CT molecular complexity index is 870. The second kappa shape index (κ2) is 10.1. The standard InChI is InChI=1S/C25H32FN3O2/c1-25(2,3)29(18-21-7-5-4-6-8-21)24(31)19-27-13-15-28(16-14-27)23(30)17-20-9-11-22(26)12-10-20/h4-12H,13-19H2,1-3H3. The van der Waals surface area contributed by atoms with Crippen molar-refractivity contribution in [3.8, 4) is 0 Å². The van der Waals surface area contributed by atoms with Crippen LogP contribution in [0.15, 0.2) is 54.6 Å². The molecule has 5 nitrogen and oxygen atoms in total. The van der Waals surface area contributed by atoms with Gasteiger partial charge in [-0.2, -0.15) is 0 Å². The lowest BCUT2D eigenvalue weighted by molar-refractivity contribution is -0.139. The monoisotopic (exact) mass is 425 g/mol. The first-order valence-electron chi connectivity index (χ1n) is 10.8. The third kappa shape index (κ3) is 6.62. The van der Waals surface area contributed by atoms with E-state index in [9.17, 15) is 14.0 Å². The second-order valence-corrected chi connectivity index (χ2v) is 9.10. The molecule has 0 bridgehead atoms. The highest BCUT2D eigenvalue weighted by Gasteiger charge is 2.29. The van der Waals surface area contributed by atoms with E-state index in [-0.39, 0.29) is 29.6 Å². The molecule has 6 heteroatoms. The van der Waals surface area contributed by atoms with Gasteiger partial charge in [0.25, 0.3) is 0 Å². The van der Waals surface area contributed by atoms with Gasteiger partial charge in [0.1, 0.15) is 5.82 Å². The number of piperazine rings is 1. The molecular weight excluding hydrogens is 393 g/mol. The molecule has 2 aromatic rings. The molecule has 0 N–H and O–H groups in total. The van der Waals surface area contributed by atoms with Gasteiger partial charge < -0.3 is 9.80 Å². The molecule has 1 saturated heterocycles. The maximum absolute atomic E-state index is 13.1. The zero-order valence-corrected chi connectivity index (χ0v) is 18.7. The number of benzene rings is 2. The largest absolute Gasteiger partial charge is 0.340 e. The molecule has 1 fully saturated rings. The highest BCUT2D eigenvalue weighted by atomic mass is 19.1. The molecule has 3 rings (SSSR count). The van der Waals surface area contributed by atoms with Gasteiger partial charge in [-0.25, -0.2) is 4.39 Å². The summed E-state index contributed by atoms with van der Waals surface area (Å²) < 4.78 is 13.0. The van der Waals surface area contributed by atoms with Gasteiger partial charge in [-0.3, -0.25) is 14.5 Å². The van der Waals surface area contributed by atoms with E-state index >= 15 is 0 Å². The van der Waals surface area contributed by atoms with E-state index in [1.54, 1.807) is 12.1 Å². The average molecular weight is 426 g/mol. The molecule has 1 heterocycles. The molecule has 2 amide bonds. The van der Waals surface area contributed by atoms with Crippen molar-refractivity contribution in [2.45, 2.75) is 39.3 Å². The van der Waals surface area contributed by atoms with Crippen LogP contribution in [0.25, 0.3) is 0 Å². The van der Waals surface area contributed by atoms with Gasteiger partial charge in [-0.05, 0) is 44.0 Å². The van der Waals surface area contributed by atoms with Gasteiger partial charge >= 0.3 is 0 Å². The first kappa shape index (κ1) is 22.9. The van der Waals surface area contributed by atoms with E-state index in [2.05, 4.69) is 25.7 Å². The maximum Gasteiger partial charge on any atom is 0.237 e. The minimum absolute atomic E-state index is 0.0398. The quantitative estimate of drug-likeness (QED) is 0.713. The third-order valence-electron chi connectivity index (χ3n) is 5.65. The topological polar surface area (TPSA) is 43.9 Å². The van der Waals surface area contributed by atoms with Crippen LogP contribution in [0.5, 0.6) is 0 Å². The van der Waals surface area contributed by atoms with Crippen molar-refractivity contribution in [2.75, 3.05) is 32.7 Å². The van der Waals surface area contributed by atoms with Gasteiger partial charge in [0, 0.05) is 38.3 Å². The lowest BCUT2D eigenvalue weighted by Crippen LogP contribution is -2.54. The highest BCUT2D eigenvalue weighted by molar-refractivity contribution is 5.80. The zero-order chi connectivity index (χ0) is 22.4. The molecule has 1 aliphatic heterocycles. The molecular formula is C25H32FN3O2. The van der Waals surface area contributed by atoms with Crippen LogP contribution >= 0.6 is 0 Å². The lowest BCUT2D eigenvalue weighted by atomic mass is 10.0. The van der Waals surface area contributed by atoms with Crippen molar-refractivity contribution in [3.63, 3.8) is 0 Å². The van der Waals surface area contributed by atoms with E-state index in [1.807, 2.05) is 40.1 Å². The summed E-state index contributed by atoms with van der Waals surface area (Å²) in [5.41, 5.74) is 1.65. The average Bonchev–Trinajstić information content (AvgIpc) is 2.74. The Morgan fingerprint density at radius 1 is 0.903 bits per heavy atom. The minimum atomic E-state index is -0.300. The van der Waals surface area contributed by atoms with E-state index in [4.69, 9.17) is 0 Å². The van der Waals surface area contributed by atoms with Crippen LogP contribution in [0, 0.1) is 5.82 Å². The fraction of sp³-hybridized carbons (Fsp3) is 0.440. The Kier molecular flexibility index (Phi) is 7.44. The number of carbonyl (C=O) groups excluding carboxylic acids is 2. The van der Waals surface area contributed by atoms with Gasteiger partial charge in [0.05, 0.1) is 13.0 Å². The highest BCUT2D eigenvalue weighted by Crippen LogP contribution is 2.18. The Balaban J connectivity index is 1.52. The summed E-state index contributed by atoms with van der Waals surface area (Å²) in [4.78, 5) is 31.6. The smallest absolute Gasteiger partial charge is 0.237 e. The number of carbonyl (C=O) groups is 2. The predicted molar refractivity (Wildman–Crippen MR) is 120 cm³/mol. The number of amides is 2. The Hall–Kier alpha value is -2.73. The molecule has 0 spiro atoms. The van der Waals surface area contributed by atoms with Crippen LogP contribution in [-0.2, 0) is 22.6 Å². The zero-order valence-electron chi connectivity index (χ0n) is 18.7. The Morgan fingerprint density at radius 2 is 1.52 bits per heavy atom. The number of hydrogen-bond acceptors (Lipinski definition) is 3. The van der Waals surface area contributed by atoms with E-state index < -0.39 is 0 Å². The van der Waals surface area contributed by atoms with Crippen molar-refractivity contribution >= 4 is 11.8 Å². The van der Waals surface area contributed by atoms with Crippen molar-refractivity contribution in [2.24, 2.45) is 0 Å². The first-order valence-corrected chi connectivity index (χ1v) is 10.8. The fourth-order valence-corrected chi connectivity index (χ4v) is 3.79. The first-order chi connectivity index (χ1) is 14.7. The van der Waals surface area contributed by atoms with Gasteiger partial charge in [0.2, 0.25) is 11.8 Å². The summed E-state index contributed by atoms with van der Waals surface area (Å²) in [7, 11) is 0. The summed E-state index contributed by atoms with van der Waals surface area (Å²) in [6.07, 6.45) is 0.272. The van der Waals surface area contributed by atoms with Crippen LogP contribution in [-0.4, -0.2) is 64.8 Å². The van der Waals surface area contributed by atoms with Crippen LogP contribution in [0.4, 0.5) is 4.39 Å². The van der Waals surface area contributed by atoms with Crippen molar-refractivity contribution < 1.29 is 14.0 Å². The summed E-state index contributed by atoms with van der Waals surface area (Å²) in [5.74, 6) is -0.161. The molecule has 0 saturated carbocycles. The lowest BCUT2D eigenvalue weighted by Gasteiger charge is -2.39. The van der Waals surface area contributed by atoms with Gasteiger partial charge in [-0.1, -0.05) is 42.5 Å². The number of hydrogen-bond donors (Lipinski definition) is 0. The third-order valence-corrected chi connectivity index (χ3v) is 5.65. The van der Waals surface area contributed by atoms with Crippen LogP contribution in [0.2, 0.25) is 0 Å².